The van der Waals surface area contributed by atoms with Crippen molar-refractivity contribution in [3.63, 3.8) is 0 Å². The third-order valence-electron chi connectivity index (χ3n) is 2.69. The van der Waals surface area contributed by atoms with E-state index >= 15 is 0 Å². The molecule has 2 heteroatoms. The molecule has 0 saturated carbocycles. The molecule has 1 nitrogen and oxygen atoms in total. The molecule has 1 aliphatic carbocycles. The minimum absolute atomic E-state index is 0.493. The van der Waals surface area contributed by atoms with Crippen molar-refractivity contribution < 1.29 is 5.11 Å². The van der Waals surface area contributed by atoms with Crippen molar-refractivity contribution in [2.75, 3.05) is 6.26 Å². The Bertz CT molecular complexity index is 320. The number of phenols is 1. The van der Waals surface area contributed by atoms with Gasteiger partial charge in [-0.1, -0.05) is 0 Å². The van der Waals surface area contributed by atoms with Gasteiger partial charge in [0.25, 0.3) is 0 Å². The van der Waals surface area contributed by atoms with E-state index in [4.69, 9.17) is 0 Å². The van der Waals surface area contributed by atoms with Crippen LogP contribution in [0.3, 0.4) is 0 Å². The Labute approximate surface area is 83.2 Å². The SMILES string of the molecule is CSc1ccc(O)c2c1CCCC2. The lowest BCUT2D eigenvalue weighted by molar-refractivity contribution is 0.460. The lowest BCUT2D eigenvalue weighted by Gasteiger charge is -2.19. The number of thioether (sulfide) groups is 1. The van der Waals surface area contributed by atoms with Gasteiger partial charge in [-0.25, -0.2) is 0 Å². The van der Waals surface area contributed by atoms with Crippen molar-refractivity contribution in [1.82, 2.24) is 0 Å². The summed E-state index contributed by atoms with van der Waals surface area (Å²) in [6, 6.07) is 3.86. The predicted octanol–water partition coefficient (Wildman–Crippen LogP) is 2.99. The van der Waals surface area contributed by atoms with Crippen molar-refractivity contribution >= 4 is 11.8 Å². The van der Waals surface area contributed by atoms with Crippen LogP contribution in [0.1, 0.15) is 24.0 Å². The summed E-state index contributed by atoms with van der Waals surface area (Å²) in [6.45, 7) is 0. The molecule has 1 N–H and O–H groups in total. The summed E-state index contributed by atoms with van der Waals surface area (Å²) in [5, 5.41) is 9.67. The van der Waals surface area contributed by atoms with Gasteiger partial charge in [-0.15, -0.1) is 11.8 Å². The number of phenolic OH excluding ortho intramolecular Hbond substituents is 1. The fraction of sp³-hybridized carbons (Fsp3) is 0.455. The second-order valence-corrected chi connectivity index (χ2v) is 4.30. The summed E-state index contributed by atoms with van der Waals surface area (Å²) >= 11 is 1.78. The Kier molecular flexibility index (Phi) is 2.49. The van der Waals surface area contributed by atoms with Crippen LogP contribution < -0.4 is 0 Å². The average molecular weight is 194 g/mol. The molecular weight excluding hydrogens is 180 g/mol. The number of benzene rings is 1. The van der Waals surface area contributed by atoms with Crippen LogP contribution in [0.15, 0.2) is 17.0 Å². The zero-order chi connectivity index (χ0) is 9.26. The van der Waals surface area contributed by atoms with Crippen molar-refractivity contribution in [2.45, 2.75) is 30.6 Å². The Morgan fingerprint density at radius 3 is 2.54 bits per heavy atom. The first-order valence-electron chi connectivity index (χ1n) is 4.70. The Balaban J connectivity index is 2.52. The van der Waals surface area contributed by atoms with Gasteiger partial charge in [0.05, 0.1) is 0 Å². The molecule has 0 bridgehead atoms. The molecule has 1 aliphatic rings. The highest BCUT2D eigenvalue weighted by atomic mass is 32.2. The maximum absolute atomic E-state index is 9.67. The van der Waals surface area contributed by atoms with E-state index in [2.05, 4.69) is 6.26 Å². The number of hydrogen-bond acceptors (Lipinski definition) is 2. The van der Waals surface area contributed by atoms with Gasteiger partial charge in [0.1, 0.15) is 5.75 Å². The monoisotopic (exact) mass is 194 g/mol. The molecule has 0 spiro atoms. The van der Waals surface area contributed by atoms with Crippen LogP contribution in [0, 0.1) is 0 Å². The minimum atomic E-state index is 0.493. The Hall–Kier alpha value is -0.630. The summed E-state index contributed by atoms with van der Waals surface area (Å²) in [5.41, 5.74) is 2.58. The molecule has 0 aliphatic heterocycles. The first kappa shape index (κ1) is 8.95. The molecule has 0 atom stereocenters. The van der Waals surface area contributed by atoms with Gasteiger partial charge in [-0.05, 0) is 55.2 Å². The fourth-order valence-corrected chi connectivity index (χ4v) is 2.68. The highest BCUT2D eigenvalue weighted by molar-refractivity contribution is 7.98. The number of hydrogen-bond donors (Lipinski definition) is 1. The van der Waals surface area contributed by atoms with Crippen LogP contribution >= 0.6 is 11.8 Å². The second kappa shape index (κ2) is 3.62. The molecule has 13 heavy (non-hydrogen) atoms. The molecule has 70 valence electrons. The van der Waals surface area contributed by atoms with E-state index in [1.165, 1.54) is 28.9 Å². The first-order chi connectivity index (χ1) is 6.33. The quantitative estimate of drug-likeness (QED) is 0.693. The van der Waals surface area contributed by atoms with Crippen LogP contribution in [-0.4, -0.2) is 11.4 Å². The third kappa shape index (κ3) is 1.55. The number of fused-ring (bicyclic) bond motifs is 1. The second-order valence-electron chi connectivity index (χ2n) is 3.45. The lowest BCUT2D eigenvalue weighted by atomic mass is 9.91. The summed E-state index contributed by atoms with van der Waals surface area (Å²) < 4.78 is 0. The van der Waals surface area contributed by atoms with E-state index in [-0.39, 0.29) is 0 Å². The maximum atomic E-state index is 9.67. The van der Waals surface area contributed by atoms with E-state index < -0.39 is 0 Å². The topological polar surface area (TPSA) is 20.2 Å². The first-order valence-corrected chi connectivity index (χ1v) is 5.93. The molecule has 0 aromatic heterocycles. The normalized spacial score (nSPS) is 15.5. The van der Waals surface area contributed by atoms with Gasteiger partial charge in [-0.3, -0.25) is 0 Å². The van der Waals surface area contributed by atoms with E-state index in [0.717, 1.165) is 12.8 Å². The van der Waals surface area contributed by atoms with E-state index in [0.29, 0.717) is 5.75 Å². The number of rotatable bonds is 1. The Morgan fingerprint density at radius 1 is 1.15 bits per heavy atom. The van der Waals surface area contributed by atoms with Gasteiger partial charge in [0.2, 0.25) is 0 Å². The van der Waals surface area contributed by atoms with E-state index in [1.807, 2.05) is 12.1 Å². The molecule has 0 radical (unpaired) electrons. The molecule has 0 fully saturated rings. The van der Waals surface area contributed by atoms with E-state index in [9.17, 15) is 5.11 Å². The molecule has 1 aromatic rings. The van der Waals surface area contributed by atoms with Crippen LogP contribution in [0.5, 0.6) is 5.75 Å². The molecule has 0 unspecified atom stereocenters. The molecule has 2 rings (SSSR count). The highest BCUT2D eigenvalue weighted by Gasteiger charge is 2.15. The van der Waals surface area contributed by atoms with Crippen LogP contribution in [0.4, 0.5) is 0 Å². The van der Waals surface area contributed by atoms with Gasteiger partial charge < -0.3 is 5.11 Å². The van der Waals surface area contributed by atoms with Crippen molar-refractivity contribution in [1.29, 1.82) is 0 Å². The third-order valence-corrected chi connectivity index (χ3v) is 3.51. The summed E-state index contributed by atoms with van der Waals surface area (Å²) in [5.74, 6) is 0.493. The summed E-state index contributed by atoms with van der Waals surface area (Å²) in [4.78, 5) is 1.34. The van der Waals surface area contributed by atoms with Crippen LogP contribution in [0.25, 0.3) is 0 Å². The highest BCUT2D eigenvalue weighted by Crippen LogP contribution is 2.34. The van der Waals surface area contributed by atoms with Crippen LogP contribution in [0.2, 0.25) is 0 Å². The fourth-order valence-electron chi connectivity index (χ4n) is 2.01. The van der Waals surface area contributed by atoms with Crippen molar-refractivity contribution in [3.8, 4) is 5.75 Å². The number of aromatic hydroxyl groups is 1. The summed E-state index contributed by atoms with van der Waals surface area (Å²) in [7, 11) is 0. The average Bonchev–Trinajstić information content (AvgIpc) is 2.19. The molecule has 0 amide bonds. The van der Waals surface area contributed by atoms with Gasteiger partial charge >= 0.3 is 0 Å². The largest absolute Gasteiger partial charge is 0.508 e. The zero-order valence-electron chi connectivity index (χ0n) is 7.84. The Morgan fingerprint density at radius 2 is 1.85 bits per heavy atom. The molecule has 1 aromatic carbocycles. The molecular formula is C11H14OS. The minimum Gasteiger partial charge on any atom is -0.508 e. The smallest absolute Gasteiger partial charge is 0.119 e. The molecule has 0 saturated heterocycles. The lowest BCUT2D eigenvalue weighted by Crippen LogP contribution is -2.04. The maximum Gasteiger partial charge on any atom is 0.119 e. The van der Waals surface area contributed by atoms with E-state index in [1.54, 1.807) is 11.8 Å². The van der Waals surface area contributed by atoms with Crippen molar-refractivity contribution in [2.24, 2.45) is 0 Å². The van der Waals surface area contributed by atoms with Gasteiger partial charge in [0, 0.05) is 4.90 Å². The summed E-state index contributed by atoms with van der Waals surface area (Å²) in [6.07, 6.45) is 6.78. The molecule has 0 heterocycles. The van der Waals surface area contributed by atoms with Gasteiger partial charge in [0.15, 0.2) is 0 Å². The standard InChI is InChI=1S/C11H14OS/c1-13-11-7-6-10(12)8-4-2-3-5-9(8)11/h6-7,12H,2-5H2,1H3. The predicted molar refractivity (Wildman–Crippen MR) is 56.5 cm³/mol. The zero-order valence-corrected chi connectivity index (χ0v) is 8.66. The van der Waals surface area contributed by atoms with Crippen LogP contribution in [-0.2, 0) is 12.8 Å². The van der Waals surface area contributed by atoms with Crippen molar-refractivity contribution in [3.05, 3.63) is 23.3 Å². The van der Waals surface area contributed by atoms with Gasteiger partial charge in [-0.2, -0.15) is 0 Å².